The van der Waals surface area contributed by atoms with Crippen molar-refractivity contribution in [3.05, 3.63) is 34.3 Å². The molecule has 2 aromatic rings. The molecule has 0 saturated carbocycles. The van der Waals surface area contributed by atoms with Gasteiger partial charge in [0.05, 0.1) is 10.7 Å². The topological polar surface area (TPSA) is 52.7 Å². The molecule has 1 aliphatic rings. The number of nitrogens with one attached hydrogen (secondary N) is 3. The molecule has 2 heterocycles. The highest BCUT2D eigenvalue weighted by Crippen LogP contribution is 2.30. The van der Waals surface area contributed by atoms with Crippen LogP contribution in [0.2, 0.25) is 10.0 Å². The fraction of sp³-hybridized carbons (Fsp3) is 0.308. The van der Waals surface area contributed by atoms with E-state index in [0.717, 1.165) is 36.6 Å². The van der Waals surface area contributed by atoms with Crippen LogP contribution < -0.4 is 10.6 Å². The summed E-state index contributed by atoms with van der Waals surface area (Å²) < 4.78 is 0. The molecular formula is C13H14Cl2N4. The van der Waals surface area contributed by atoms with Crippen LogP contribution in [-0.2, 0) is 0 Å². The van der Waals surface area contributed by atoms with Crippen LogP contribution in [0.15, 0.2) is 24.3 Å². The standard InChI is InChI=1S/C13H14Cl2N4/c14-8-1-2-10(11(15)5-8)12-6-13(19-18-12)17-9-3-4-16-7-9/h1-2,5-6,9,16H,3-4,7H2,(H2,17,18,19). The van der Waals surface area contributed by atoms with Gasteiger partial charge in [0, 0.05) is 29.2 Å². The van der Waals surface area contributed by atoms with Gasteiger partial charge in [-0.1, -0.05) is 23.2 Å². The summed E-state index contributed by atoms with van der Waals surface area (Å²) >= 11 is 12.1. The summed E-state index contributed by atoms with van der Waals surface area (Å²) in [6.45, 7) is 2.03. The number of rotatable bonds is 3. The Kier molecular flexibility index (Phi) is 3.64. The maximum absolute atomic E-state index is 6.18. The zero-order chi connectivity index (χ0) is 13.2. The number of anilines is 1. The van der Waals surface area contributed by atoms with E-state index in [9.17, 15) is 0 Å². The molecule has 1 unspecified atom stereocenters. The lowest BCUT2D eigenvalue weighted by atomic mass is 10.1. The average molecular weight is 297 g/mol. The fourth-order valence-corrected chi connectivity index (χ4v) is 2.74. The van der Waals surface area contributed by atoms with Crippen molar-refractivity contribution in [3.63, 3.8) is 0 Å². The number of nitrogens with zero attached hydrogens (tertiary/aromatic N) is 1. The molecule has 3 N–H and O–H groups in total. The van der Waals surface area contributed by atoms with Crippen LogP contribution in [-0.4, -0.2) is 29.3 Å². The number of H-pyrrole nitrogens is 1. The highest BCUT2D eigenvalue weighted by molar-refractivity contribution is 6.36. The molecule has 0 amide bonds. The second kappa shape index (κ2) is 5.41. The van der Waals surface area contributed by atoms with Crippen LogP contribution in [0.1, 0.15) is 6.42 Å². The van der Waals surface area contributed by atoms with Gasteiger partial charge in [-0.2, -0.15) is 5.10 Å². The summed E-state index contributed by atoms with van der Waals surface area (Å²) in [5, 5.41) is 15.2. The first-order valence-electron chi connectivity index (χ1n) is 6.20. The maximum atomic E-state index is 6.18. The van der Waals surface area contributed by atoms with Crippen molar-refractivity contribution in [1.29, 1.82) is 0 Å². The van der Waals surface area contributed by atoms with Gasteiger partial charge < -0.3 is 10.6 Å². The van der Waals surface area contributed by atoms with Crippen LogP contribution in [0.3, 0.4) is 0 Å². The zero-order valence-corrected chi connectivity index (χ0v) is 11.7. The minimum Gasteiger partial charge on any atom is -0.365 e. The van der Waals surface area contributed by atoms with Crippen LogP contribution in [0, 0.1) is 0 Å². The van der Waals surface area contributed by atoms with Gasteiger partial charge in [0.25, 0.3) is 0 Å². The van der Waals surface area contributed by atoms with E-state index in [0.29, 0.717) is 16.1 Å². The van der Waals surface area contributed by atoms with Crippen molar-refractivity contribution in [1.82, 2.24) is 15.5 Å². The summed E-state index contributed by atoms with van der Waals surface area (Å²) in [5.74, 6) is 0.842. The van der Waals surface area contributed by atoms with Gasteiger partial charge in [0.2, 0.25) is 0 Å². The third kappa shape index (κ3) is 2.86. The van der Waals surface area contributed by atoms with Crippen LogP contribution in [0.5, 0.6) is 0 Å². The highest BCUT2D eigenvalue weighted by atomic mass is 35.5. The van der Waals surface area contributed by atoms with Gasteiger partial charge in [0.1, 0.15) is 5.82 Å². The smallest absolute Gasteiger partial charge is 0.148 e. The SMILES string of the molecule is Clc1ccc(-c2cc(NC3CCNC3)n[nH]2)c(Cl)c1. The Labute approximate surface area is 121 Å². The quantitative estimate of drug-likeness (QED) is 0.815. The van der Waals surface area contributed by atoms with Crippen molar-refractivity contribution >= 4 is 29.0 Å². The van der Waals surface area contributed by atoms with Gasteiger partial charge in [-0.25, -0.2) is 0 Å². The minimum atomic E-state index is 0.442. The van der Waals surface area contributed by atoms with E-state index < -0.39 is 0 Å². The molecule has 1 fully saturated rings. The Morgan fingerprint density at radius 1 is 1.26 bits per heavy atom. The van der Waals surface area contributed by atoms with Crippen LogP contribution in [0.4, 0.5) is 5.82 Å². The van der Waals surface area contributed by atoms with E-state index in [-0.39, 0.29) is 0 Å². The van der Waals surface area contributed by atoms with E-state index in [1.54, 1.807) is 6.07 Å². The van der Waals surface area contributed by atoms with Gasteiger partial charge in [-0.3, -0.25) is 5.10 Å². The minimum absolute atomic E-state index is 0.442. The molecule has 1 saturated heterocycles. The van der Waals surface area contributed by atoms with Crippen molar-refractivity contribution in [2.75, 3.05) is 18.4 Å². The summed E-state index contributed by atoms with van der Waals surface area (Å²) in [5.41, 5.74) is 1.78. The Hall–Kier alpha value is -1.23. The molecule has 4 nitrogen and oxygen atoms in total. The molecule has 0 radical (unpaired) electrons. The van der Waals surface area contributed by atoms with Crippen LogP contribution >= 0.6 is 23.2 Å². The Morgan fingerprint density at radius 2 is 2.16 bits per heavy atom. The summed E-state index contributed by atoms with van der Waals surface area (Å²) in [6, 6.07) is 7.84. The predicted octanol–water partition coefficient (Wildman–Crippen LogP) is 3.16. The molecule has 100 valence electrons. The molecule has 1 aliphatic heterocycles. The number of halogens is 2. The molecule has 0 spiro atoms. The van der Waals surface area contributed by atoms with E-state index in [1.807, 2.05) is 18.2 Å². The first-order valence-corrected chi connectivity index (χ1v) is 6.96. The first-order chi connectivity index (χ1) is 9.22. The number of hydrogen-bond acceptors (Lipinski definition) is 3. The fourth-order valence-electron chi connectivity index (χ4n) is 2.23. The van der Waals surface area contributed by atoms with E-state index in [1.165, 1.54) is 0 Å². The Morgan fingerprint density at radius 3 is 2.89 bits per heavy atom. The summed E-state index contributed by atoms with van der Waals surface area (Å²) in [7, 11) is 0. The number of aromatic nitrogens is 2. The number of benzene rings is 1. The molecule has 1 atom stereocenters. The van der Waals surface area contributed by atoms with E-state index >= 15 is 0 Å². The Bertz CT molecular complexity index is 576. The predicted molar refractivity (Wildman–Crippen MR) is 78.9 cm³/mol. The van der Waals surface area contributed by atoms with Gasteiger partial charge >= 0.3 is 0 Å². The molecule has 6 heteroatoms. The monoisotopic (exact) mass is 296 g/mol. The van der Waals surface area contributed by atoms with Gasteiger partial charge in [-0.05, 0) is 31.2 Å². The molecule has 0 aliphatic carbocycles. The highest BCUT2D eigenvalue weighted by Gasteiger charge is 2.15. The number of aromatic amines is 1. The molecule has 3 rings (SSSR count). The lowest BCUT2D eigenvalue weighted by Crippen LogP contribution is -2.22. The molecule has 1 aromatic heterocycles. The van der Waals surface area contributed by atoms with E-state index in [2.05, 4.69) is 20.8 Å². The van der Waals surface area contributed by atoms with Crippen molar-refractivity contribution in [2.24, 2.45) is 0 Å². The van der Waals surface area contributed by atoms with Crippen molar-refractivity contribution < 1.29 is 0 Å². The van der Waals surface area contributed by atoms with E-state index in [4.69, 9.17) is 23.2 Å². The summed E-state index contributed by atoms with van der Waals surface area (Å²) in [6.07, 6.45) is 1.11. The maximum Gasteiger partial charge on any atom is 0.148 e. The van der Waals surface area contributed by atoms with Gasteiger partial charge in [-0.15, -0.1) is 0 Å². The number of hydrogen-bond donors (Lipinski definition) is 3. The molecule has 0 bridgehead atoms. The molecule has 1 aromatic carbocycles. The normalized spacial score (nSPS) is 18.7. The van der Waals surface area contributed by atoms with Crippen LogP contribution in [0.25, 0.3) is 11.3 Å². The molecular weight excluding hydrogens is 283 g/mol. The third-order valence-electron chi connectivity index (χ3n) is 3.21. The second-order valence-corrected chi connectivity index (χ2v) is 5.47. The third-order valence-corrected chi connectivity index (χ3v) is 3.76. The first kappa shape index (κ1) is 12.8. The second-order valence-electron chi connectivity index (χ2n) is 4.63. The van der Waals surface area contributed by atoms with Gasteiger partial charge in [0.15, 0.2) is 0 Å². The Balaban J connectivity index is 1.80. The largest absolute Gasteiger partial charge is 0.365 e. The average Bonchev–Trinajstić information content (AvgIpc) is 3.01. The lowest BCUT2D eigenvalue weighted by molar-refractivity contribution is 0.786. The lowest BCUT2D eigenvalue weighted by Gasteiger charge is -2.08. The van der Waals surface area contributed by atoms with Crippen molar-refractivity contribution in [2.45, 2.75) is 12.5 Å². The zero-order valence-electron chi connectivity index (χ0n) is 10.2. The summed E-state index contributed by atoms with van der Waals surface area (Å²) in [4.78, 5) is 0. The molecule has 19 heavy (non-hydrogen) atoms. The van der Waals surface area contributed by atoms with Crippen molar-refractivity contribution in [3.8, 4) is 11.3 Å².